The predicted octanol–water partition coefficient (Wildman–Crippen LogP) is 1.38. The number of methoxy groups -OCH3 is 2. The molecule has 0 amide bonds. The van der Waals surface area contributed by atoms with Gasteiger partial charge in [-0.05, 0) is 13.8 Å². The first kappa shape index (κ1) is 14.2. The lowest BCUT2D eigenvalue weighted by molar-refractivity contribution is 0.0190. The molecule has 0 aliphatic heterocycles. The maximum Gasteiger partial charge on any atom is 0.208 e. The van der Waals surface area contributed by atoms with E-state index in [0.717, 1.165) is 12.3 Å². The van der Waals surface area contributed by atoms with Crippen molar-refractivity contribution in [2.75, 3.05) is 27.4 Å². The van der Waals surface area contributed by atoms with Gasteiger partial charge in [0.25, 0.3) is 0 Å². The summed E-state index contributed by atoms with van der Waals surface area (Å²) in [5.74, 6) is 1.54. The smallest absolute Gasteiger partial charge is 0.208 e. The van der Waals surface area contributed by atoms with Crippen molar-refractivity contribution >= 4 is 0 Å². The molecule has 0 aliphatic rings. The number of nitrogens with one attached hydrogen (secondary N) is 1. The Kier molecular flexibility index (Phi) is 5.61. The van der Waals surface area contributed by atoms with Gasteiger partial charge in [-0.25, -0.2) is 4.98 Å². The third kappa shape index (κ3) is 5.30. The Balaban J connectivity index is 2.37. The van der Waals surface area contributed by atoms with E-state index in [-0.39, 0.29) is 5.60 Å². The Labute approximate surface area is 103 Å². The van der Waals surface area contributed by atoms with Gasteiger partial charge >= 0.3 is 0 Å². The highest BCUT2D eigenvalue weighted by Gasteiger charge is 2.19. The highest BCUT2D eigenvalue weighted by atomic mass is 16.5. The van der Waals surface area contributed by atoms with Crippen molar-refractivity contribution in [1.29, 1.82) is 0 Å². The van der Waals surface area contributed by atoms with Crippen molar-refractivity contribution in [2.24, 2.45) is 0 Å². The lowest BCUT2D eigenvalue weighted by Crippen LogP contribution is -2.25. The molecule has 1 aromatic rings. The zero-order valence-electron chi connectivity index (χ0n) is 11.1. The van der Waals surface area contributed by atoms with Crippen LogP contribution in [0.5, 0.6) is 0 Å². The monoisotopic (exact) mass is 242 g/mol. The molecule has 0 radical (unpaired) electrons. The van der Waals surface area contributed by atoms with Crippen LogP contribution in [0.1, 0.15) is 25.5 Å². The average molecular weight is 242 g/mol. The lowest BCUT2D eigenvalue weighted by atomic mass is 10.0. The van der Waals surface area contributed by atoms with E-state index in [1.54, 1.807) is 20.4 Å². The Hall–Kier alpha value is -0.910. The topological polar surface area (TPSA) is 56.5 Å². The summed E-state index contributed by atoms with van der Waals surface area (Å²) in [4.78, 5) is 4.21. The summed E-state index contributed by atoms with van der Waals surface area (Å²) < 4.78 is 15.9. The fourth-order valence-electron chi connectivity index (χ4n) is 1.37. The molecule has 0 saturated heterocycles. The maximum absolute atomic E-state index is 5.61. The minimum atomic E-state index is -0.222. The fourth-order valence-corrected chi connectivity index (χ4v) is 1.37. The molecular formula is C12H22N2O3. The molecule has 1 heterocycles. The SMILES string of the molecule is COCCNCc1ncc(CC(C)(C)OC)o1. The summed E-state index contributed by atoms with van der Waals surface area (Å²) >= 11 is 0. The van der Waals surface area contributed by atoms with Gasteiger partial charge in [-0.15, -0.1) is 0 Å². The Bertz CT molecular complexity index is 323. The van der Waals surface area contributed by atoms with E-state index in [9.17, 15) is 0 Å². The molecular weight excluding hydrogens is 220 g/mol. The lowest BCUT2D eigenvalue weighted by Gasteiger charge is -2.20. The van der Waals surface area contributed by atoms with Gasteiger partial charge in [0.1, 0.15) is 5.76 Å². The highest BCUT2D eigenvalue weighted by Crippen LogP contribution is 2.16. The van der Waals surface area contributed by atoms with Crippen LogP contribution in [0.3, 0.4) is 0 Å². The predicted molar refractivity (Wildman–Crippen MR) is 64.9 cm³/mol. The van der Waals surface area contributed by atoms with E-state index < -0.39 is 0 Å². The van der Waals surface area contributed by atoms with Crippen LogP contribution in [0, 0.1) is 0 Å². The molecule has 0 saturated carbocycles. The van der Waals surface area contributed by atoms with Crippen LogP contribution in [0.4, 0.5) is 0 Å². The van der Waals surface area contributed by atoms with E-state index in [1.165, 1.54) is 0 Å². The van der Waals surface area contributed by atoms with Gasteiger partial charge in [0.15, 0.2) is 0 Å². The van der Waals surface area contributed by atoms with E-state index in [1.807, 2.05) is 13.8 Å². The minimum absolute atomic E-state index is 0.222. The molecule has 0 spiro atoms. The Morgan fingerprint density at radius 1 is 1.41 bits per heavy atom. The molecule has 5 heteroatoms. The second-order valence-corrected chi connectivity index (χ2v) is 4.53. The summed E-state index contributed by atoms with van der Waals surface area (Å²) in [6, 6.07) is 0. The summed E-state index contributed by atoms with van der Waals surface area (Å²) in [5.41, 5.74) is -0.222. The molecule has 98 valence electrons. The molecule has 1 rings (SSSR count). The maximum atomic E-state index is 5.61. The van der Waals surface area contributed by atoms with Crippen molar-refractivity contribution in [3.05, 3.63) is 17.8 Å². The number of nitrogens with zero attached hydrogens (tertiary/aromatic N) is 1. The van der Waals surface area contributed by atoms with Crippen molar-refractivity contribution in [3.63, 3.8) is 0 Å². The van der Waals surface area contributed by atoms with E-state index >= 15 is 0 Å². The van der Waals surface area contributed by atoms with Crippen LogP contribution >= 0.6 is 0 Å². The molecule has 5 nitrogen and oxygen atoms in total. The van der Waals surface area contributed by atoms with Gasteiger partial charge in [0.05, 0.1) is 24.9 Å². The van der Waals surface area contributed by atoms with Crippen molar-refractivity contribution in [3.8, 4) is 0 Å². The number of ether oxygens (including phenoxy) is 2. The van der Waals surface area contributed by atoms with Gasteiger partial charge < -0.3 is 19.2 Å². The summed E-state index contributed by atoms with van der Waals surface area (Å²) in [6.45, 7) is 6.14. The van der Waals surface area contributed by atoms with Crippen LogP contribution in [0.2, 0.25) is 0 Å². The second-order valence-electron chi connectivity index (χ2n) is 4.53. The number of hydrogen-bond acceptors (Lipinski definition) is 5. The molecule has 0 unspecified atom stereocenters. The molecule has 1 N–H and O–H groups in total. The summed E-state index contributed by atoms with van der Waals surface area (Å²) in [5, 5.41) is 3.18. The molecule has 0 fully saturated rings. The molecule has 0 aliphatic carbocycles. The van der Waals surface area contributed by atoms with Crippen molar-refractivity contribution < 1.29 is 13.9 Å². The summed E-state index contributed by atoms with van der Waals surface area (Å²) in [7, 11) is 3.38. The summed E-state index contributed by atoms with van der Waals surface area (Å²) in [6.07, 6.45) is 2.47. The van der Waals surface area contributed by atoms with Crippen LogP contribution in [-0.2, 0) is 22.4 Å². The van der Waals surface area contributed by atoms with Gasteiger partial charge in [0.2, 0.25) is 5.89 Å². The highest BCUT2D eigenvalue weighted by molar-refractivity contribution is 4.98. The first-order chi connectivity index (χ1) is 8.07. The third-order valence-corrected chi connectivity index (χ3v) is 2.51. The van der Waals surface area contributed by atoms with Gasteiger partial charge in [0, 0.05) is 27.2 Å². The average Bonchev–Trinajstić information content (AvgIpc) is 2.71. The van der Waals surface area contributed by atoms with Crippen LogP contribution in [-0.4, -0.2) is 38.0 Å². The standard InChI is InChI=1S/C12H22N2O3/c1-12(2,16-4)7-10-8-14-11(17-10)9-13-5-6-15-3/h8,13H,5-7,9H2,1-4H3. The molecule has 0 atom stereocenters. The van der Waals surface area contributed by atoms with Crippen LogP contribution in [0.15, 0.2) is 10.6 Å². The zero-order chi connectivity index (χ0) is 12.7. The van der Waals surface area contributed by atoms with E-state index in [4.69, 9.17) is 13.9 Å². The van der Waals surface area contributed by atoms with Crippen LogP contribution < -0.4 is 5.32 Å². The Morgan fingerprint density at radius 3 is 2.82 bits per heavy atom. The number of aromatic nitrogens is 1. The van der Waals surface area contributed by atoms with Crippen molar-refractivity contribution in [1.82, 2.24) is 10.3 Å². The first-order valence-corrected chi connectivity index (χ1v) is 5.76. The minimum Gasteiger partial charge on any atom is -0.444 e. The zero-order valence-corrected chi connectivity index (χ0v) is 11.1. The molecule has 17 heavy (non-hydrogen) atoms. The largest absolute Gasteiger partial charge is 0.444 e. The van der Waals surface area contributed by atoms with Gasteiger partial charge in [-0.2, -0.15) is 0 Å². The number of oxazole rings is 1. The van der Waals surface area contributed by atoms with Gasteiger partial charge in [-0.1, -0.05) is 0 Å². The van der Waals surface area contributed by atoms with Crippen LogP contribution in [0.25, 0.3) is 0 Å². The number of rotatable bonds is 8. The number of hydrogen-bond donors (Lipinski definition) is 1. The fraction of sp³-hybridized carbons (Fsp3) is 0.750. The third-order valence-electron chi connectivity index (χ3n) is 2.51. The quantitative estimate of drug-likeness (QED) is 0.698. The Morgan fingerprint density at radius 2 is 2.18 bits per heavy atom. The van der Waals surface area contributed by atoms with Gasteiger partial charge in [-0.3, -0.25) is 0 Å². The molecule has 0 aromatic carbocycles. The molecule has 1 aromatic heterocycles. The first-order valence-electron chi connectivity index (χ1n) is 5.76. The van der Waals surface area contributed by atoms with E-state index in [0.29, 0.717) is 25.5 Å². The second kappa shape index (κ2) is 6.74. The normalized spacial score (nSPS) is 12.0. The van der Waals surface area contributed by atoms with Crippen molar-refractivity contribution in [2.45, 2.75) is 32.4 Å². The molecule has 0 bridgehead atoms. The van der Waals surface area contributed by atoms with E-state index in [2.05, 4.69) is 10.3 Å².